The van der Waals surface area contributed by atoms with Crippen LogP contribution in [0.3, 0.4) is 0 Å². The van der Waals surface area contributed by atoms with Gasteiger partial charge in [0.05, 0.1) is 18.5 Å². The van der Waals surface area contributed by atoms with Crippen molar-refractivity contribution in [2.24, 2.45) is 5.92 Å². The highest BCUT2D eigenvalue weighted by atomic mass is 19.1. The number of anilines is 2. The van der Waals surface area contributed by atoms with E-state index in [9.17, 15) is 4.39 Å². The van der Waals surface area contributed by atoms with Gasteiger partial charge >= 0.3 is 0 Å². The lowest BCUT2D eigenvalue weighted by Crippen LogP contribution is -2.06. The van der Waals surface area contributed by atoms with Gasteiger partial charge in [0.25, 0.3) is 0 Å². The molecule has 3 N–H and O–H groups in total. The number of nitrogens with one attached hydrogen (secondary N) is 1. The normalized spacial score (nSPS) is 14.9. The highest BCUT2D eigenvalue weighted by Crippen LogP contribution is 2.33. The van der Waals surface area contributed by atoms with Gasteiger partial charge in [0.1, 0.15) is 0 Å². The van der Waals surface area contributed by atoms with Crippen LogP contribution in [0.2, 0.25) is 0 Å². The van der Waals surface area contributed by atoms with Crippen molar-refractivity contribution in [2.75, 3.05) is 24.7 Å². The third-order valence-corrected chi connectivity index (χ3v) is 2.89. The summed E-state index contributed by atoms with van der Waals surface area (Å²) in [6, 6.07) is 2.90. The molecule has 0 radical (unpaired) electrons. The van der Waals surface area contributed by atoms with E-state index in [2.05, 4.69) is 5.32 Å². The molecule has 1 aromatic rings. The fourth-order valence-electron chi connectivity index (χ4n) is 1.70. The van der Waals surface area contributed by atoms with E-state index in [0.29, 0.717) is 5.69 Å². The molecule has 1 saturated carbocycles. The van der Waals surface area contributed by atoms with Crippen LogP contribution in [0.1, 0.15) is 19.3 Å². The first-order chi connectivity index (χ1) is 7.70. The molecule has 0 spiro atoms. The third-order valence-electron chi connectivity index (χ3n) is 2.89. The lowest BCUT2D eigenvalue weighted by atomic mass is 10.2. The lowest BCUT2D eigenvalue weighted by Gasteiger charge is -2.11. The van der Waals surface area contributed by atoms with Gasteiger partial charge in [-0.1, -0.05) is 12.8 Å². The summed E-state index contributed by atoms with van der Waals surface area (Å²) in [7, 11) is 1.45. The van der Waals surface area contributed by atoms with Crippen molar-refractivity contribution >= 4 is 11.4 Å². The van der Waals surface area contributed by atoms with Gasteiger partial charge in [0, 0.05) is 18.7 Å². The SMILES string of the molecule is COc1cc(NCCC2CC2)c(N)cc1F. The quantitative estimate of drug-likeness (QED) is 0.756. The van der Waals surface area contributed by atoms with Gasteiger partial charge in [-0.15, -0.1) is 0 Å². The average molecular weight is 224 g/mol. The minimum atomic E-state index is -0.423. The Morgan fingerprint density at radius 2 is 2.25 bits per heavy atom. The van der Waals surface area contributed by atoms with Gasteiger partial charge in [0.2, 0.25) is 0 Å². The zero-order chi connectivity index (χ0) is 11.5. The summed E-state index contributed by atoms with van der Waals surface area (Å²) in [5.41, 5.74) is 6.89. The maximum Gasteiger partial charge on any atom is 0.167 e. The van der Waals surface area contributed by atoms with Gasteiger partial charge in [-0.25, -0.2) is 4.39 Å². The van der Waals surface area contributed by atoms with Gasteiger partial charge in [-0.05, 0) is 12.3 Å². The van der Waals surface area contributed by atoms with E-state index < -0.39 is 5.82 Å². The van der Waals surface area contributed by atoms with E-state index in [1.807, 2.05) is 0 Å². The number of nitrogen functional groups attached to an aromatic ring is 1. The minimum absolute atomic E-state index is 0.225. The number of benzene rings is 1. The van der Waals surface area contributed by atoms with Gasteiger partial charge in [-0.3, -0.25) is 0 Å². The summed E-state index contributed by atoms with van der Waals surface area (Å²) in [4.78, 5) is 0. The van der Waals surface area contributed by atoms with Crippen LogP contribution in [0.15, 0.2) is 12.1 Å². The van der Waals surface area contributed by atoms with Crippen molar-refractivity contribution in [3.8, 4) is 5.75 Å². The first kappa shape index (κ1) is 11.0. The van der Waals surface area contributed by atoms with Crippen molar-refractivity contribution in [3.63, 3.8) is 0 Å². The molecule has 4 heteroatoms. The molecule has 0 bridgehead atoms. The summed E-state index contributed by atoms with van der Waals surface area (Å²) in [5.74, 6) is 0.673. The van der Waals surface area contributed by atoms with E-state index in [-0.39, 0.29) is 5.75 Å². The third kappa shape index (κ3) is 2.56. The number of ether oxygens (including phenoxy) is 1. The number of rotatable bonds is 5. The molecule has 0 aliphatic heterocycles. The average Bonchev–Trinajstić information content (AvgIpc) is 3.05. The molecule has 88 valence electrons. The Hall–Kier alpha value is -1.45. The highest BCUT2D eigenvalue weighted by Gasteiger charge is 2.20. The van der Waals surface area contributed by atoms with Crippen LogP contribution in [-0.4, -0.2) is 13.7 Å². The fourth-order valence-corrected chi connectivity index (χ4v) is 1.70. The molecule has 1 aliphatic rings. The fraction of sp³-hybridized carbons (Fsp3) is 0.500. The Labute approximate surface area is 94.8 Å². The molecule has 0 aromatic heterocycles. The number of nitrogens with two attached hydrogens (primary N) is 1. The van der Waals surface area contributed by atoms with Gasteiger partial charge in [-0.2, -0.15) is 0 Å². The van der Waals surface area contributed by atoms with Gasteiger partial charge in [0.15, 0.2) is 11.6 Å². The molecule has 1 aliphatic carbocycles. The summed E-state index contributed by atoms with van der Waals surface area (Å²) < 4.78 is 18.2. The monoisotopic (exact) mass is 224 g/mol. The van der Waals surface area contributed by atoms with E-state index in [1.54, 1.807) is 6.07 Å². The van der Waals surface area contributed by atoms with Gasteiger partial charge < -0.3 is 15.8 Å². The van der Waals surface area contributed by atoms with Crippen molar-refractivity contribution in [1.82, 2.24) is 0 Å². The highest BCUT2D eigenvalue weighted by molar-refractivity contribution is 5.68. The predicted octanol–water partition coefficient (Wildman–Crippen LogP) is 2.63. The molecule has 1 fully saturated rings. The number of methoxy groups -OCH3 is 1. The minimum Gasteiger partial charge on any atom is -0.494 e. The second-order valence-electron chi connectivity index (χ2n) is 4.23. The predicted molar refractivity (Wildman–Crippen MR) is 63.2 cm³/mol. The summed E-state index contributed by atoms with van der Waals surface area (Å²) >= 11 is 0. The summed E-state index contributed by atoms with van der Waals surface area (Å²) in [6.45, 7) is 0.879. The van der Waals surface area contributed by atoms with Crippen LogP contribution >= 0.6 is 0 Å². The van der Waals surface area contributed by atoms with Crippen molar-refractivity contribution < 1.29 is 9.13 Å². The zero-order valence-electron chi connectivity index (χ0n) is 9.42. The number of halogens is 1. The largest absolute Gasteiger partial charge is 0.494 e. The Kier molecular flexibility index (Phi) is 3.17. The molecule has 0 heterocycles. The molecular formula is C12H17FN2O. The van der Waals surface area contributed by atoms with Crippen LogP contribution in [-0.2, 0) is 0 Å². The Balaban J connectivity index is 2.00. The standard InChI is InChI=1S/C12H17FN2O/c1-16-12-7-11(10(14)6-9(12)13)15-5-4-8-2-3-8/h6-8,15H,2-5,14H2,1H3. The molecule has 0 amide bonds. The number of hydrogen-bond donors (Lipinski definition) is 2. The van der Waals surface area contributed by atoms with Crippen LogP contribution < -0.4 is 15.8 Å². The van der Waals surface area contributed by atoms with Crippen LogP contribution in [0.4, 0.5) is 15.8 Å². The first-order valence-corrected chi connectivity index (χ1v) is 5.57. The number of hydrogen-bond acceptors (Lipinski definition) is 3. The van der Waals surface area contributed by atoms with Crippen LogP contribution in [0.25, 0.3) is 0 Å². The second kappa shape index (κ2) is 4.60. The maximum atomic E-state index is 13.3. The smallest absolute Gasteiger partial charge is 0.167 e. The molecule has 2 rings (SSSR count). The Bertz CT molecular complexity index is 378. The van der Waals surface area contributed by atoms with Crippen molar-refractivity contribution in [2.45, 2.75) is 19.3 Å². The molecule has 3 nitrogen and oxygen atoms in total. The molecule has 0 atom stereocenters. The zero-order valence-corrected chi connectivity index (χ0v) is 9.42. The lowest BCUT2D eigenvalue weighted by molar-refractivity contribution is 0.387. The summed E-state index contributed by atoms with van der Waals surface area (Å²) in [6.07, 6.45) is 3.83. The first-order valence-electron chi connectivity index (χ1n) is 5.57. The van der Waals surface area contributed by atoms with E-state index in [0.717, 1.165) is 24.6 Å². The second-order valence-corrected chi connectivity index (χ2v) is 4.23. The van der Waals surface area contributed by atoms with Crippen LogP contribution in [0.5, 0.6) is 5.75 Å². The topological polar surface area (TPSA) is 47.3 Å². The van der Waals surface area contributed by atoms with Crippen molar-refractivity contribution in [1.29, 1.82) is 0 Å². The molecule has 16 heavy (non-hydrogen) atoms. The molecule has 0 unspecified atom stereocenters. The van der Waals surface area contributed by atoms with Crippen molar-refractivity contribution in [3.05, 3.63) is 17.9 Å². The molecular weight excluding hydrogens is 207 g/mol. The maximum absolute atomic E-state index is 13.3. The molecule has 1 aromatic carbocycles. The van der Waals surface area contributed by atoms with E-state index >= 15 is 0 Å². The Morgan fingerprint density at radius 3 is 2.88 bits per heavy atom. The molecule has 0 saturated heterocycles. The van der Waals surface area contributed by atoms with Crippen LogP contribution in [0, 0.1) is 11.7 Å². The van der Waals surface area contributed by atoms with E-state index in [1.165, 1.54) is 26.0 Å². The summed E-state index contributed by atoms with van der Waals surface area (Å²) in [5, 5.41) is 3.21. The Morgan fingerprint density at radius 1 is 1.50 bits per heavy atom. The van der Waals surface area contributed by atoms with E-state index in [4.69, 9.17) is 10.5 Å².